The average Bonchev–Trinajstić information content (AvgIpc) is 2.25. The molecule has 0 saturated heterocycles. The van der Waals surface area contributed by atoms with Crippen LogP contribution in [-0.4, -0.2) is 16.2 Å². The van der Waals surface area contributed by atoms with Crippen LogP contribution in [0.4, 0.5) is 0 Å². The van der Waals surface area contributed by atoms with E-state index >= 15 is 0 Å². The highest BCUT2D eigenvalue weighted by Crippen LogP contribution is 2.33. The molecule has 2 rings (SSSR count). The zero-order valence-electron chi connectivity index (χ0n) is 9.20. The fourth-order valence-electron chi connectivity index (χ4n) is 1.90. The Labute approximate surface area is 107 Å². The van der Waals surface area contributed by atoms with Gasteiger partial charge >= 0.3 is 5.97 Å². The molecule has 0 bridgehead atoms. The molecular weight excluding hydrogens is 284 g/mol. The highest BCUT2D eigenvalue weighted by atomic mass is 79.9. The summed E-state index contributed by atoms with van der Waals surface area (Å²) in [6.45, 7) is 1.81. The molecule has 2 aromatic rings. The van der Waals surface area contributed by atoms with Crippen LogP contribution in [0.15, 0.2) is 28.7 Å². The molecule has 4 heteroatoms. The maximum Gasteiger partial charge on any atom is 0.307 e. The van der Waals surface area contributed by atoms with Crippen LogP contribution < -0.4 is 0 Å². The van der Waals surface area contributed by atoms with E-state index in [1.54, 1.807) is 13.0 Å². The first-order valence-corrected chi connectivity index (χ1v) is 5.91. The number of fused-ring (bicyclic) bond motifs is 1. The van der Waals surface area contributed by atoms with E-state index in [1.165, 1.54) is 0 Å². The molecule has 3 nitrogen and oxygen atoms in total. The van der Waals surface area contributed by atoms with Crippen molar-refractivity contribution in [3.63, 3.8) is 0 Å². The van der Waals surface area contributed by atoms with Gasteiger partial charge in [-0.25, -0.2) is 0 Å². The number of carboxylic acid groups (broad SMARTS) is 1. The molecule has 0 atom stereocenters. The van der Waals surface area contributed by atoms with Crippen LogP contribution in [0.2, 0.25) is 0 Å². The van der Waals surface area contributed by atoms with Crippen molar-refractivity contribution in [2.45, 2.75) is 13.3 Å². The summed E-state index contributed by atoms with van der Waals surface area (Å²) in [5.41, 5.74) is 1.27. The average molecular weight is 295 g/mol. The zero-order chi connectivity index (χ0) is 12.6. The normalized spacial score (nSPS) is 10.7. The van der Waals surface area contributed by atoms with Crippen molar-refractivity contribution in [2.75, 3.05) is 0 Å². The molecule has 0 aliphatic rings. The van der Waals surface area contributed by atoms with Gasteiger partial charge in [-0.2, -0.15) is 0 Å². The summed E-state index contributed by atoms with van der Waals surface area (Å²) >= 11 is 3.33. The number of aliphatic carboxylic acids is 1. The van der Waals surface area contributed by atoms with Gasteiger partial charge in [0.25, 0.3) is 0 Å². The molecule has 0 aliphatic carbocycles. The van der Waals surface area contributed by atoms with Crippen LogP contribution in [0, 0.1) is 6.92 Å². The minimum atomic E-state index is -0.947. The topological polar surface area (TPSA) is 57.5 Å². The number of hydrogen-bond donors (Lipinski definition) is 2. The van der Waals surface area contributed by atoms with E-state index in [1.807, 2.05) is 18.2 Å². The maximum atomic E-state index is 10.8. The third-order valence-corrected chi connectivity index (χ3v) is 3.23. The number of halogens is 1. The first-order chi connectivity index (χ1) is 7.99. The van der Waals surface area contributed by atoms with Gasteiger partial charge in [-0.05, 0) is 30.0 Å². The first-order valence-electron chi connectivity index (χ1n) is 5.11. The van der Waals surface area contributed by atoms with Gasteiger partial charge in [-0.3, -0.25) is 4.79 Å². The maximum absolute atomic E-state index is 10.8. The molecule has 2 aromatic carbocycles. The molecule has 0 heterocycles. The molecule has 0 aromatic heterocycles. The Morgan fingerprint density at radius 1 is 1.35 bits per heavy atom. The van der Waals surface area contributed by atoms with Crippen molar-refractivity contribution >= 4 is 32.7 Å². The SMILES string of the molecule is Cc1cc2ccc(Br)cc2c(O)c1CC(=O)O. The number of rotatable bonds is 2. The predicted octanol–water partition coefficient (Wildman–Crippen LogP) is 3.24. The molecule has 0 saturated carbocycles. The molecule has 2 N–H and O–H groups in total. The van der Waals surface area contributed by atoms with E-state index in [-0.39, 0.29) is 12.2 Å². The van der Waals surface area contributed by atoms with Crippen LogP contribution in [-0.2, 0) is 11.2 Å². The second-order valence-corrected chi connectivity index (χ2v) is 4.87. The number of aromatic hydroxyl groups is 1. The molecule has 0 radical (unpaired) electrons. The van der Waals surface area contributed by atoms with Gasteiger partial charge in [0.2, 0.25) is 0 Å². The highest BCUT2D eigenvalue weighted by Gasteiger charge is 2.13. The Morgan fingerprint density at radius 2 is 2.06 bits per heavy atom. The fourth-order valence-corrected chi connectivity index (χ4v) is 2.26. The number of phenols is 1. The molecule has 17 heavy (non-hydrogen) atoms. The number of phenolic OH excluding ortho intramolecular Hbond substituents is 1. The quantitative estimate of drug-likeness (QED) is 0.894. The van der Waals surface area contributed by atoms with Gasteiger partial charge < -0.3 is 10.2 Å². The van der Waals surface area contributed by atoms with E-state index in [0.717, 1.165) is 15.4 Å². The number of carboxylic acids is 1. The number of benzene rings is 2. The standard InChI is InChI=1S/C13H11BrO3/c1-7-4-8-2-3-9(14)5-11(8)13(17)10(7)6-12(15)16/h2-5,17H,6H2,1H3,(H,15,16). The van der Waals surface area contributed by atoms with Crippen molar-refractivity contribution < 1.29 is 15.0 Å². The van der Waals surface area contributed by atoms with Crippen LogP contribution in [0.3, 0.4) is 0 Å². The summed E-state index contributed by atoms with van der Waals surface area (Å²) in [6, 6.07) is 7.45. The minimum Gasteiger partial charge on any atom is -0.507 e. The lowest BCUT2D eigenvalue weighted by Gasteiger charge is -2.10. The molecule has 0 unspecified atom stereocenters. The summed E-state index contributed by atoms with van der Waals surface area (Å²) in [6.07, 6.45) is -0.167. The molecule has 88 valence electrons. The van der Waals surface area contributed by atoms with Gasteiger partial charge in [-0.15, -0.1) is 0 Å². The summed E-state index contributed by atoms with van der Waals surface area (Å²) in [4.78, 5) is 10.8. The minimum absolute atomic E-state index is 0.0590. The van der Waals surface area contributed by atoms with Gasteiger partial charge in [0.05, 0.1) is 6.42 Å². The monoisotopic (exact) mass is 294 g/mol. The van der Waals surface area contributed by atoms with Crippen LogP contribution in [0.25, 0.3) is 10.8 Å². The summed E-state index contributed by atoms with van der Waals surface area (Å²) < 4.78 is 0.852. The summed E-state index contributed by atoms with van der Waals surface area (Å²) in [7, 11) is 0. The molecule has 0 amide bonds. The lowest BCUT2D eigenvalue weighted by molar-refractivity contribution is -0.136. The molecular formula is C13H11BrO3. The Hall–Kier alpha value is -1.55. The largest absolute Gasteiger partial charge is 0.507 e. The third-order valence-electron chi connectivity index (χ3n) is 2.73. The second kappa shape index (κ2) is 4.37. The van der Waals surface area contributed by atoms with Gasteiger partial charge in [-0.1, -0.05) is 28.1 Å². The smallest absolute Gasteiger partial charge is 0.307 e. The van der Waals surface area contributed by atoms with Crippen LogP contribution >= 0.6 is 15.9 Å². The lowest BCUT2D eigenvalue weighted by atomic mass is 9.98. The number of aryl methyl sites for hydroxylation is 1. The van der Waals surface area contributed by atoms with Crippen molar-refractivity contribution in [3.05, 3.63) is 39.9 Å². The number of hydrogen-bond acceptors (Lipinski definition) is 2. The number of carbonyl (C=O) groups is 1. The van der Waals surface area contributed by atoms with E-state index < -0.39 is 5.97 Å². The van der Waals surface area contributed by atoms with Crippen molar-refractivity contribution in [1.29, 1.82) is 0 Å². The second-order valence-electron chi connectivity index (χ2n) is 3.96. The predicted molar refractivity (Wildman–Crippen MR) is 69.4 cm³/mol. The zero-order valence-corrected chi connectivity index (χ0v) is 10.8. The fraction of sp³-hybridized carbons (Fsp3) is 0.154. The summed E-state index contributed by atoms with van der Waals surface area (Å²) in [5, 5.41) is 20.5. The van der Waals surface area contributed by atoms with E-state index in [0.29, 0.717) is 10.9 Å². The molecule has 0 fully saturated rings. The molecule has 0 aliphatic heterocycles. The first kappa shape index (κ1) is 11.9. The van der Waals surface area contributed by atoms with Crippen LogP contribution in [0.1, 0.15) is 11.1 Å². The molecule has 0 spiro atoms. The lowest BCUT2D eigenvalue weighted by Crippen LogP contribution is -2.02. The third kappa shape index (κ3) is 2.26. The van der Waals surface area contributed by atoms with Gasteiger partial charge in [0.1, 0.15) is 5.75 Å². The van der Waals surface area contributed by atoms with Crippen LogP contribution in [0.5, 0.6) is 5.75 Å². The van der Waals surface area contributed by atoms with Crippen molar-refractivity contribution in [2.24, 2.45) is 0 Å². The Kier molecular flexibility index (Phi) is 3.07. The van der Waals surface area contributed by atoms with Crippen molar-refractivity contribution in [3.8, 4) is 5.75 Å². The van der Waals surface area contributed by atoms with E-state index in [4.69, 9.17) is 5.11 Å². The van der Waals surface area contributed by atoms with E-state index in [2.05, 4.69) is 15.9 Å². The summed E-state index contributed by atoms with van der Waals surface area (Å²) in [5.74, 6) is -0.888. The van der Waals surface area contributed by atoms with E-state index in [9.17, 15) is 9.90 Å². The Morgan fingerprint density at radius 3 is 2.71 bits per heavy atom. The Bertz CT molecular complexity index is 605. The highest BCUT2D eigenvalue weighted by molar-refractivity contribution is 9.10. The Balaban J connectivity index is 2.73. The van der Waals surface area contributed by atoms with Gasteiger partial charge in [0, 0.05) is 15.4 Å². The van der Waals surface area contributed by atoms with Crippen molar-refractivity contribution in [1.82, 2.24) is 0 Å². The van der Waals surface area contributed by atoms with Gasteiger partial charge in [0.15, 0.2) is 0 Å².